The number of halogens is 4. The summed E-state index contributed by atoms with van der Waals surface area (Å²) in [5.74, 6) is -0.000910. The van der Waals surface area contributed by atoms with Crippen molar-refractivity contribution in [2.75, 3.05) is 0 Å². The molecule has 3 aromatic rings. The van der Waals surface area contributed by atoms with Crippen LogP contribution in [0.4, 0.5) is 13.2 Å². The topological polar surface area (TPSA) is 68.0 Å². The van der Waals surface area contributed by atoms with Gasteiger partial charge in [0, 0.05) is 23.4 Å². The smallest absolute Gasteiger partial charge is 0.350 e. The highest BCUT2D eigenvalue weighted by Gasteiger charge is 2.30. The molecular formula is C20H17ClF3N3O2. The molecule has 3 rings (SSSR count). The molecule has 2 aromatic carbocycles. The Bertz CT molecular complexity index is 987. The summed E-state index contributed by atoms with van der Waals surface area (Å²) in [6.07, 6.45) is -4.19. The lowest BCUT2D eigenvalue weighted by atomic mass is 10.1. The lowest BCUT2D eigenvalue weighted by Gasteiger charge is -2.14. The van der Waals surface area contributed by atoms with Crippen molar-refractivity contribution in [1.29, 1.82) is 0 Å². The van der Waals surface area contributed by atoms with Gasteiger partial charge in [0.25, 0.3) is 0 Å². The number of nitrogens with one attached hydrogen (secondary N) is 1. The van der Waals surface area contributed by atoms with Gasteiger partial charge in [-0.05, 0) is 36.8 Å². The fourth-order valence-electron chi connectivity index (χ4n) is 2.68. The molecule has 1 amide bonds. The maximum Gasteiger partial charge on any atom is 0.416 e. The minimum atomic E-state index is -4.46. The lowest BCUT2D eigenvalue weighted by molar-refractivity contribution is -0.137. The number of benzene rings is 2. The Morgan fingerprint density at radius 2 is 1.93 bits per heavy atom. The molecule has 0 saturated heterocycles. The molecule has 9 heteroatoms. The van der Waals surface area contributed by atoms with Crippen molar-refractivity contribution in [2.45, 2.75) is 32.0 Å². The van der Waals surface area contributed by atoms with Gasteiger partial charge in [-0.2, -0.15) is 18.2 Å². The molecule has 1 atom stereocenters. The molecule has 5 nitrogen and oxygen atoms in total. The number of aromatic nitrogens is 2. The first-order valence-corrected chi connectivity index (χ1v) is 9.15. The summed E-state index contributed by atoms with van der Waals surface area (Å²) in [5.41, 5.74) is 0.305. The number of amides is 1. The molecule has 152 valence electrons. The van der Waals surface area contributed by atoms with E-state index in [0.717, 1.165) is 17.7 Å². The summed E-state index contributed by atoms with van der Waals surface area (Å²) in [5, 5.41) is 7.17. The van der Waals surface area contributed by atoms with Crippen molar-refractivity contribution in [3.63, 3.8) is 0 Å². The predicted molar refractivity (Wildman–Crippen MR) is 101 cm³/mol. The minimum absolute atomic E-state index is 0.0426. The average Bonchev–Trinajstić information content (AvgIpc) is 3.15. The van der Waals surface area contributed by atoms with E-state index in [1.807, 2.05) is 19.1 Å². The molecule has 0 fully saturated rings. The first-order chi connectivity index (χ1) is 13.7. The van der Waals surface area contributed by atoms with Crippen LogP contribution in [0.3, 0.4) is 0 Å². The number of carbonyl (C=O) groups is 1. The normalized spacial score (nSPS) is 12.6. The van der Waals surface area contributed by atoms with Gasteiger partial charge in [-0.15, -0.1) is 0 Å². The van der Waals surface area contributed by atoms with Crippen molar-refractivity contribution in [3.8, 4) is 11.4 Å². The second-order valence-electron chi connectivity index (χ2n) is 6.43. The minimum Gasteiger partial charge on any atom is -0.350 e. The van der Waals surface area contributed by atoms with Crippen molar-refractivity contribution in [3.05, 3.63) is 70.6 Å². The van der Waals surface area contributed by atoms with Gasteiger partial charge in [-0.3, -0.25) is 4.79 Å². The van der Waals surface area contributed by atoms with Crippen molar-refractivity contribution < 1.29 is 22.5 Å². The Morgan fingerprint density at radius 3 is 2.62 bits per heavy atom. The van der Waals surface area contributed by atoms with Gasteiger partial charge in [-0.1, -0.05) is 41.0 Å². The van der Waals surface area contributed by atoms with Gasteiger partial charge in [0.2, 0.25) is 17.6 Å². The molecule has 0 aliphatic rings. The number of nitrogens with zero attached hydrogens (tertiary/aromatic N) is 2. The molecule has 0 bridgehead atoms. The highest BCUT2D eigenvalue weighted by Crippen LogP contribution is 2.31. The van der Waals surface area contributed by atoms with E-state index in [1.54, 1.807) is 12.1 Å². The molecule has 1 N–H and O–H groups in total. The summed E-state index contributed by atoms with van der Waals surface area (Å²) >= 11 is 5.85. The SMILES string of the molecule is C[C@@H](NC(=O)CCc1nc(-c2cccc(C(F)(F)F)c2)no1)c1ccc(Cl)cc1. The first kappa shape index (κ1) is 20.9. The number of alkyl halides is 3. The van der Waals surface area contributed by atoms with Gasteiger partial charge in [0.1, 0.15) is 0 Å². The molecule has 0 spiro atoms. The van der Waals surface area contributed by atoms with Crippen molar-refractivity contribution in [1.82, 2.24) is 15.5 Å². The summed E-state index contributed by atoms with van der Waals surface area (Å²) in [6.45, 7) is 1.85. The molecule has 1 aromatic heterocycles. The van der Waals surface area contributed by atoms with Gasteiger partial charge in [0.05, 0.1) is 11.6 Å². The maximum absolute atomic E-state index is 12.8. The number of aryl methyl sites for hydroxylation is 1. The van der Waals surface area contributed by atoms with Gasteiger partial charge in [0.15, 0.2) is 0 Å². The van der Waals surface area contributed by atoms with E-state index in [1.165, 1.54) is 12.1 Å². The monoisotopic (exact) mass is 423 g/mol. The van der Waals surface area contributed by atoms with Crippen molar-refractivity contribution >= 4 is 17.5 Å². The maximum atomic E-state index is 12.8. The molecule has 0 saturated carbocycles. The molecule has 0 aliphatic carbocycles. The second kappa shape index (κ2) is 8.65. The standard InChI is InChI=1S/C20H17ClF3N3O2/c1-12(13-5-7-16(21)8-6-13)25-17(28)9-10-18-26-19(27-29-18)14-3-2-4-15(11-14)20(22,23)24/h2-8,11-12H,9-10H2,1H3,(H,25,28)/t12-/m1/s1. The molecule has 0 radical (unpaired) electrons. The summed E-state index contributed by atoms with van der Waals surface area (Å²) in [6, 6.07) is 11.6. The van der Waals surface area contributed by atoms with Crippen LogP contribution in [0.2, 0.25) is 5.02 Å². The van der Waals surface area contributed by atoms with E-state index >= 15 is 0 Å². The average molecular weight is 424 g/mol. The van der Waals surface area contributed by atoms with Crippen LogP contribution in [0.1, 0.15) is 36.4 Å². The van der Waals surface area contributed by atoms with Crippen LogP contribution in [0, 0.1) is 0 Å². The fraction of sp³-hybridized carbons (Fsp3) is 0.250. The predicted octanol–water partition coefficient (Wildman–Crippen LogP) is 5.22. The van der Waals surface area contributed by atoms with E-state index in [2.05, 4.69) is 15.5 Å². The number of hydrogen-bond acceptors (Lipinski definition) is 4. The third kappa shape index (κ3) is 5.57. The Morgan fingerprint density at radius 1 is 1.21 bits per heavy atom. The quantitative estimate of drug-likeness (QED) is 0.590. The van der Waals surface area contributed by atoms with Crippen LogP contribution in [0.25, 0.3) is 11.4 Å². The first-order valence-electron chi connectivity index (χ1n) is 8.77. The van der Waals surface area contributed by atoms with Gasteiger partial charge in [-0.25, -0.2) is 0 Å². The van der Waals surface area contributed by atoms with Crippen LogP contribution < -0.4 is 5.32 Å². The zero-order valence-electron chi connectivity index (χ0n) is 15.3. The largest absolute Gasteiger partial charge is 0.416 e. The molecule has 1 heterocycles. The van der Waals surface area contributed by atoms with Crippen molar-refractivity contribution in [2.24, 2.45) is 0 Å². The van der Waals surface area contributed by atoms with E-state index < -0.39 is 11.7 Å². The van der Waals surface area contributed by atoms with Crippen LogP contribution in [0.5, 0.6) is 0 Å². The van der Waals surface area contributed by atoms with E-state index in [-0.39, 0.29) is 42.1 Å². The van der Waals surface area contributed by atoms with E-state index in [9.17, 15) is 18.0 Å². The van der Waals surface area contributed by atoms with E-state index in [0.29, 0.717) is 5.02 Å². The van der Waals surface area contributed by atoms with Crippen LogP contribution in [0.15, 0.2) is 53.1 Å². The second-order valence-corrected chi connectivity index (χ2v) is 6.87. The number of rotatable bonds is 6. The Balaban J connectivity index is 1.58. The molecular weight excluding hydrogens is 407 g/mol. The Labute approximate surface area is 169 Å². The lowest BCUT2D eigenvalue weighted by Crippen LogP contribution is -2.26. The summed E-state index contributed by atoms with van der Waals surface area (Å²) in [7, 11) is 0. The van der Waals surface area contributed by atoms with Crippen LogP contribution in [-0.2, 0) is 17.4 Å². The van der Waals surface area contributed by atoms with Crippen LogP contribution in [-0.4, -0.2) is 16.0 Å². The molecule has 0 unspecified atom stereocenters. The molecule has 0 aliphatic heterocycles. The Hall–Kier alpha value is -2.87. The van der Waals surface area contributed by atoms with Gasteiger partial charge >= 0.3 is 6.18 Å². The Kier molecular flexibility index (Phi) is 6.22. The number of hydrogen-bond donors (Lipinski definition) is 1. The zero-order valence-corrected chi connectivity index (χ0v) is 16.1. The summed E-state index contributed by atoms with van der Waals surface area (Å²) in [4.78, 5) is 16.2. The zero-order chi connectivity index (χ0) is 21.0. The molecule has 29 heavy (non-hydrogen) atoms. The third-order valence-electron chi connectivity index (χ3n) is 4.23. The van der Waals surface area contributed by atoms with Crippen LogP contribution >= 0.6 is 11.6 Å². The highest BCUT2D eigenvalue weighted by molar-refractivity contribution is 6.30. The van der Waals surface area contributed by atoms with Gasteiger partial charge < -0.3 is 9.84 Å². The number of carbonyl (C=O) groups excluding carboxylic acids is 1. The highest BCUT2D eigenvalue weighted by atomic mass is 35.5. The third-order valence-corrected chi connectivity index (χ3v) is 4.48. The van der Waals surface area contributed by atoms with E-state index in [4.69, 9.17) is 16.1 Å². The fourth-order valence-corrected chi connectivity index (χ4v) is 2.80. The summed E-state index contributed by atoms with van der Waals surface area (Å²) < 4.78 is 43.5.